The van der Waals surface area contributed by atoms with Crippen LogP contribution in [0.15, 0.2) is 12.1 Å². The summed E-state index contributed by atoms with van der Waals surface area (Å²) in [5.74, 6) is 1.42. The van der Waals surface area contributed by atoms with Gasteiger partial charge < -0.3 is 14.2 Å². The van der Waals surface area contributed by atoms with Gasteiger partial charge in [0.05, 0.1) is 27.0 Å². The van der Waals surface area contributed by atoms with Gasteiger partial charge in [-0.15, -0.1) is 0 Å². The smallest absolute Gasteiger partial charge is 0.414 e. The highest BCUT2D eigenvalue weighted by atomic mass is 16.5. The van der Waals surface area contributed by atoms with Crippen molar-refractivity contribution >= 4 is 11.8 Å². The lowest BCUT2D eigenvalue weighted by molar-refractivity contribution is 0.178. The van der Waals surface area contributed by atoms with Crippen molar-refractivity contribution in [3.05, 3.63) is 17.7 Å². The van der Waals surface area contributed by atoms with Gasteiger partial charge in [-0.25, -0.2) is 4.79 Å². The minimum absolute atomic E-state index is 0.355. The summed E-state index contributed by atoms with van der Waals surface area (Å²) in [6.45, 7) is 0.649. The predicted octanol–water partition coefficient (Wildman–Crippen LogP) is 2.22. The van der Waals surface area contributed by atoms with Crippen molar-refractivity contribution in [2.75, 3.05) is 32.8 Å². The average molecular weight is 251 g/mol. The number of carbonyl (C=O) groups excluding carboxylic acids is 1. The third-order valence-electron chi connectivity index (χ3n) is 3.11. The minimum atomic E-state index is -0.355. The Balaban J connectivity index is 2.51. The van der Waals surface area contributed by atoms with Crippen molar-refractivity contribution < 1.29 is 19.0 Å². The number of benzene rings is 1. The number of carbonyl (C=O) groups is 1. The van der Waals surface area contributed by atoms with Crippen molar-refractivity contribution in [1.82, 2.24) is 0 Å². The quantitative estimate of drug-likeness (QED) is 0.808. The molecule has 0 aromatic heterocycles. The summed E-state index contributed by atoms with van der Waals surface area (Å²) < 4.78 is 15.4. The Morgan fingerprint density at radius 2 is 2.00 bits per heavy atom. The molecule has 0 radical (unpaired) electrons. The van der Waals surface area contributed by atoms with Crippen molar-refractivity contribution in [1.29, 1.82) is 0 Å². The number of nitrogens with zero attached hydrogens (tertiary/aromatic N) is 1. The number of hydrogen-bond donors (Lipinski definition) is 0. The number of hydrogen-bond acceptors (Lipinski definition) is 4. The number of amides is 1. The molecule has 0 saturated carbocycles. The highest BCUT2D eigenvalue weighted by molar-refractivity contribution is 5.90. The van der Waals surface area contributed by atoms with Gasteiger partial charge >= 0.3 is 6.09 Å². The molecule has 1 heterocycles. The Labute approximate surface area is 106 Å². The van der Waals surface area contributed by atoms with E-state index in [1.165, 1.54) is 7.11 Å². The summed E-state index contributed by atoms with van der Waals surface area (Å²) in [5, 5.41) is 0. The zero-order chi connectivity index (χ0) is 13.1. The van der Waals surface area contributed by atoms with E-state index in [-0.39, 0.29) is 6.09 Å². The maximum Gasteiger partial charge on any atom is 0.414 e. The molecule has 1 amide bonds. The Morgan fingerprint density at radius 3 is 2.61 bits per heavy atom. The second-order valence-electron chi connectivity index (χ2n) is 4.05. The maximum atomic E-state index is 11.8. The van der Waals surface area contributed by atoms with E-state index in [1.54, 1.807) is 19.1 Å². The fourth-order valence-electron chi connectivity index (χ4n) is 2.23. The molecular weight excluding hydrogens is 234 g/mol. The van der Waals surface area contributed by atoms with Gasteiger partial charge in [-0.1, -0.05) is 0 Å². The van der Waals surface area contributed by atoms with Crippen LogP contribution in [0.3, 0.4) is 0 Å². The second-order valence-corrected chi connectivity index (χ2v) is 4.05. The standard InChI is InChI=1S/C13H17NO4/c1-16-9-7-11-10(12(8-9)17-2)5-4-6-14(11)13(15)18-3/h7-8H,4-6H2,1-3H3. The van der Waals surface area contributed by atoms with Gasteiger partial charge in [0.2, 0.25) is 0 Å². The van der Waals surface area contributed by atoms with E-state index in [0.717, 1.165) is 29.8 Å². The number of methoxy groups -OCH3 is 3. The van der Waals surface area contributed by atoms with Crippen LogP contribution in [0.5, 0.6) is 11.5 Å². The van der Waals surface area contributed by atoms with Crippen molar-refractivity contribution in [2.45, 2.75) is 12.8 Å². The van der Waals surface area contributed by atoms with E-state index in [0.29, 0.717) is 12.3 Å². The van der Waals surface area contributed by atoms with Crippen LogP contribution < -0.4 is 14.4 Å². The molecule has 1 aromatic carbocycles. The summed E-state index contributed by atoms with van der Waals surface area (Å²) in [6.07, 6.45) is 1.42. The summed E-state index contributed by atoms with van der Waals surface area (Å²) >= 11 is 0. The third kappa shape index (κ3) is 2.08. The van der Waals surface area contributed by atoms with Crippen LogP contribution in [0.4, 0.5) is 10.5 Å². The molecule has 0 unspecified atom stereocenters. The van der Waals surface area contributed by atoms with E-state index >= 15 is 0 Å². The molecule has 1 aromatic rings. The Kier molecular flexibility index (Phi) is 3.60. The van der Waals surface area contributed by atoms with Crippen LogP contribution in [0.1, 0.15) is 12.0 Å². The van der Waals surface area contributed by atoms with Gasteiger partial charge in [-0.05, 0) is 12.8 Å². The van der Waals surface area contributed by atoms with Crippen LogP contribution >= 0.6 is 0 Å². The van der Waals surface area contributed by atoms with E-state index in [4.69, 9.17) is 14.2 Å². The van der Waals surface area contributed by atoms with E-state index < -0.39 is 0 Å². The minimum Gasteiger partial charge on any atom is -0.497 e. The van der Waals surface area contributed by atoms with Crippen molar-refractivity contribution in [2.24, 2.45) is 0 Å². The largest absolute Gasteiger partial charge is 0.497 e. The number of anilines is 1. The molecule has 0 N–H and O–H groups in total. The summed E-state index contributed by atoms with van der Waals surface area (Å²) in [4.78, 5) is 13.4. The first kappa shape index (κ1) is 12.5. The molecule has 0 aliphatic carbocycles. The number of ether oxygens (including phenoxy) is 3. The molecule has 0 saturated heterocycles. The topological polar surface area (TPSA) is 48.0 Å². The molecule has 1 aliphatic rings. The van der Waals surface area contributed by atoms with Crippen LogP contribution in [-0.2, 0) is 11.2 Å². The fourth-order valence-corrected chi connectivity index (χ4v) is 2.23. The predicted molar refractivity (Wildman–Crippen MR) is 67.6 cm³/mol. The first-order valence-corrected chi connectivity index (χ1v) is 5.81. The van der Waals surface area contributed by atoms with E-state index in [1.807, 2.05) is 12.1 Å². The molecule has 0 atom stereocenters. The van der Waals surface area contributed by atoms with Gasteiger partial charge in [-0.3, -0.25) is 4.90 Å². The molecule has 0 fully saturated rings. The van der Waals surface area contributed by atoms with Gasteiger partial charge in [0.25, 0.3) is 0 Å². The second kappa shape index (κ2) is 5.16. The fraction of sp³-hybridized carbons (Fsp3) is 0.462. The van der Waals surface area contributed by atoms with Gasteiger partial charge in [0, 0.05) is 24.2 Å². The average Bonchev–Trinajstić information content (AvgIpc) is 2.44. The molecular formula is C13H17NO4. The molecule has 1 aliphatic heterocycles. The lowest BCUT2D eigenvalue weighted by atomic mass is 10.0. The Bertz CT molecular complexity index is 459. The van der Waals surface area contributed by atoms with Crippen LogP contribution in [0, 0.1) is 0 Å². The van der Waals surface area contributed by atoms with Crippen molar-refractivity contribution in [3.8, 4) is 11.5 Å². The Morgan fingerprint density at radius 1 is 1.22 bits per heavy atom. The molecule has 5 nitrogen and oxygen atoms in total. The molecule has 0 bridgehead atoms. The highest BCUT2D eigenvalue weighted by Crippen LogP contribution is 2.38. The Hall–Kier alpha value is -1.91. The van der Waals surface area contributed by atoms with E-state index in [9.17, 15) is 4.79 Å². The first-order valence-electron chi connectivity index (χ1n) is 5.81. The van der Waals surface area contributed by atoms with Gasteiger partial charge in [-0.2, -0.15) is 0 Å². The molecule has 2 rings (SSSR count). The van der Waals surface area contributed by atoms with Crippen molar-refractivity contribution in [3.63, 3.8) is 0 Å². The molecule has 18 heavy (non-hydrogen) atoms. The summed E-state index contributed by atoms with van der Waals surface area (Å²) in [5.41, 5.74) is 1.83. The van der Waals surface area contributed by atoms with Crippen LogP contribution in [-0.4, -0.2) is 34.0 Å². The molecule has 0 spiro atoms. The number of rotatable bonds is 2. The zero-order valence-corrected chi connectivity index (χ0v) is 10.9. The van der Waals surface area contributed by atoms with E-state index in [2.05, 4.69) is 0 Å². The molecule has 5 heteroatoms. The summed E-state index contributed by atoms with van der Waals surface area (Å²) in [7, 11) is 4.59. The number of fused-ring (bicyclic) bond motifs is 1. The lowest BCUT2D eigenvalue weighted by Crippen LogP contribution is -2.35. The van der Waals surface area contributed by atoms with Gasteiger partial charge in [0.15, 0.2) is 0 Å². The SMILES string of the molecule is COC(=O)N1CCCc2c(OC)cc(OC)cc21. The zero-order valence-electron chi connectivity index (χ0n) is 10.9. The normalized spacial score (nSPS) is 13.8. The maximum absolute atomic E-state index is 11.8. The molecule has 98 valence electrons. The summed E-state index contributed by atoms with van der Waals surface area (Å²) in [6, 6.07) is 3.67. The lowest BCUT2D eigenvalue weighted by Gasteiger charge is -2.29. The van der Waals surface area contributed by atoms with Crippen LogP contribution in [0.2, 0.25) is 0 Å². The van der Waals surface area contributed by atoms with Crippen LogP contribution in [0.25, 0.3) is 0 Å². The monoisotopic (exact) mass is 251 g/mol. The highest BCUT2D eigenvalue weighted by Gasteiger charge is 2.26. The van der Waals surface area contributed by atoms with Gasteiger partial charge in [0.1, 0.15) is 11.5 Å². The first-order chi connectivity index (χ1) is 8.71. The third-order valence-corrected chi connectivity index (χ3v) is 3.11.